The number of aryl methyl sites for hydroxylation is 1. The fourth-order valence-corrected chi connectivity index (χ4v) is 4.70. The van der Waals surface area contributed by atoms with Gasteiger partial charge in [0.1, 0.15) is 11.1 Å². The Hall–Kier alpha value is -3.25. The van der Waals surface area contributed by atoms with Gasteiger partial charge in [-0.1, -0.05) is 31.2 Å². The van der Waals surface area contributed by atoms with Gasteiger partial charge in [-0.05, 0) is 66.1 Å². The van der Waals surface area contributed by atoms with E-state index in [0.29, 0.717) is 11.3 Å². The van der Waals surface area contributed by atoms with E-state index in [1.807, 2.05) is 77.7 Å². The number of carbonyl (C=O) groups is 2. The molecule has 6 heteroatoms. The van der Waals surface area contributed by atoms with Crippen LogP contribution in [0.4, 0.5) is 11.4 Å². The van der Waals surface area contributed by atoms with Gasteiger partial charge < -0.3 is 10.1 Å². The number of hydrogen-bond acceptors (Lipinski definition) is 4. The molecule has 3 aromatic carbocycles. The summed E-state index contributed by atoms with van der Waals surface area (Å²) < 4.78 is 5.22. The average Bonchev–Trinajstić information content (AvgIpc) is 3.21. The number of hydrogen-bond donors (Lipinski definition) is 1. The first kappa shape index (κ1) is 21.0. The monoisotopic (exact) mass is 432 g/mol. The number of ether oxygens (including phenoxy) is 1. The highest BCUT2D eigenvalue weighted by molar-refractivity contribution is 8.00. The fourth-order valence-electron chi connectivity index (χ4n) is 3.52. The quantitative estimate of drug-likeness (QED) is 0.575. The van der Waals surface area contributed by atoms with E-state index >= 15 is 0 Å². The molecule has 0 spiro atoms. The Morgan fingerprint density at radius 3 is 2.32 bits per heavy atom. The summed E-state index contributed by atoms with van der Waals surface area (Å²) in [7, 11) is 1.62. The van der Waals surface area contributed by atoms with Crippen molar-refractivity contribution < 1.29 is 14.3 Å². The van der Waals surface area contributed by atoms with Crippen LogP contribution in [0.5, 0.6) is 5.75 Å². The van der Waals surface area contributed by atoms with Gasteiger partial charge in [0.15, 0.2) is 0 Å². The molecular formula is C25H24N2O3S. The zero-order valence-electron chi connectivity index (χ0n) is 17.5. The van der Waals surface area contributed by atoms with Crippen molar-refractivity contribution in [3.05, 3.63) is 89.5 Å². The van der Waals surface area contributed by atoms with Crippen LogP contribution < -0.4 is 15.0 Å². The summed E-state index contributed by atoms with van der Waals surface area (Å²) >= 11 is 1.59. The van der Waals surface area contributed by atoms with E-state index in [-0.39, 0.29) is 17.2 Å². The van der Waals surface area contributed by atoms with Crippen LogP contribution >= 0.6 is 11.8 Å². The molecule has 4 rings (SSSR count). The number of thioether (sulfide) groups is 1. The molecule has 0 bridgehead atoms. The van der Waals surface area contributed by atoms with Crippen LogP contribution in [-0.4, -0.2) is 24.7 Å². The van der Waals surface area contributed by atoms with Crippen molar-refractivity contribution in [2.75, 3.05) is 23.1 Å². The normalized spacial score (nSPS) is 15.7. The predicted molar refractivity (Wildman–Crippen MR) is 126 cm³/mol. The minimum absolute atomic E-state index is 0.0769. The van der Waals surface area contributed by atoms with Crippen molar-refractivity contribution in [1.29, 1.82) is 0 Å². The van der Waals surface area contributed by atoms with Crippen LogP contribution in [0.15, 0.2) is 72.8 Å². The first-order chi connectivity index (χ1) is 15.1. The number of carbonyl (C=O) groups excluding carboxylic acids is 2. The van der Waals surface area contributed by atoms with Crippen LogP contribution in [0.3, 0.4) is 0 Å². The number of rotatable bonds is 6. The lowest BCUT2D eigenvalue weighted by molar-refractivity contribution is -0.115. The van der Waals surface area contributed by atoms with Crippen molar-refractivity contribution in [3.8, 4) is 5.75 Å². The van der Waals surface area contributed by atoms with E-state index in [1.54, 1.807) is 18.9 Å². The van der Waals surface area contributed by atoms with Gasteiger partial charge in [-0.2, -0.15) is 0 Å². The highest BCUT2D eigenvalue weighted by Gasteiger charge is 2.34. The van der Waals surface area contributed by atoms with Gasteiger partial charge >= 0.3 is 0 Å². The SMILES string of the molecule is CCc1ccc(C(=O)Nc2ccc([C@@H]3SCC(=O)N3c3ccc(OC)cc3)cc2)cc1. The summed E-state index contributed by atoms with van der Waals surface area (Å²) in [5, 5.41) is 2.83. The Morgan fingerprint density at radius 1 is 1.03 bits per heavy atom. The molecule has 31 heavy (non-hydrogen) atoms. The van der Waals surface area contributed by atoms with E-state index in [2.05, 4.69) is 12.2 Å². The first-order valence-electron chi connectivity index (χ1n) is 10.2. The number of nitrogens with one attached hydrogen (secondary N) is 1. The van der Waals surface area contributed by atoms with E-state index in [9.17, 15) is 9.59 Å². The largest absolute Gasteiger partial charge is 0.497 e. The number of anilines is 2. The Bertz CT molecular complexity index is 1060. The second kappa shape index (κ2) is 9.27. The minimum atomic E-state index is -0.138. The number of amides is 2. The van der Waals surface area contributed by atoms with Crippen molar-refractivity contribution in [3.63, 3.8) is 0 Å². The van der Waals surface area contributed by atoms with Crippen molar-refractivity contribution in [1.82, 2.24) is 0 Å². The third-order valence-electron chi connectivity index (χ3n) is 5.30. The van der Waals surface area contributed by atoms with Crippen molar-refractivity contribution >= 4 is 35.0 Å². The van der Waals surface area contributed by atoms with Gasteiger partial charge in [0.25, 0.3) is 5.91 Å². The number of benzene rings is 3. The molecular weight excluding hydrogens is 408 g/mol. The molecule has 0 radical (unpaired) electrons. The maximum absolute atomic E-state index is 12.5. The van der Waals surface area contributed by atoms with E-state index in [0.717, 1.165) is 29.1 Å². The van der Waals surface area contributed by atoms with Crippen LogP contribution in [0.2, 0.25) is 0 Å². The van der Waals surface area contributed by atoms with E-state index in [4.69, 9.17) is 4.74 Å². The number of methoxy groups -OCH3 is 1. The molecule has 1 aliphatic rings. The van der Waals surface area contributed by atoms with E-state index in [1.165, 1.54) is 5.56 Å². The van der Waals surface area contributed by atoms with Crippen LogP contribution in [0.25, 0.3) is 0 Å². The standard InChI is InChI=1S/C25H24N2O3S/c1-3-17-4-6-18(7-5-17)24(29)26-20-10-8-19(9-11-20)25-27(23(28)16-31-25)21-12-14-22(30-2)15-13-21/h4-15,25H,3,16H2,1-2H3,(H,26,29)/t25-/m0/s1. The Balaban J connectivity index is 1.48. The summed E-state index contributed by atoms with van der Waals surface area (Å²) in [6, 6.07) is 22.8. The van der Waals surface area contributed by atoms with Crippen molar-refractivity contribution in [2.45, 2.75) is 18.7 Å². The lowest BCUT2D eigenvalue weighted by Crippen LogP contribution is -2.27. The molecule has 1 saturated heterocycles. The van der Waals surface area contributed by atoms with Gasteiger partial charge in [-0.15, -0.1) is 11.8 Å². The van der Waals surface area contributed by atoms with Gasteiger partial charge in [0.2, 0.25) is 5.91 Å². The minimum Gasteiger partial charge on any atom is -0.497 e. The molecule has 0 aliphatic carbocycles. The topological polar surface area (TPSA) is 58.6 Å². The maximum atomic E-state index is 12.5. The first-order valence-corrected chi connectivity index (χ1v) is 11.2. The number of nitrogens with zero attached hydrogens (tertiary/aromatic N) is 1. The maximum Gasteiger partial charge on any atom is 0.255 e. The molecule has 158 valence electrons. The summed E-state index contributed by atoms with van der Waals surface area (Å²) in [5.41, 5.74) is 4.40. The van der Waals surface area contributed by atoms with Crippen LogP contribution in [0.1, 0.15) is 33.8 Å². The zero-order valence-corrected chi connectivity index (χ0v) is 18.3. The second-order valence-corrected chi connectivity index (χ2v) is 8.32. The van der Waals surface area contributed by atoms with Crippen LogP contribution in [0, 0.1) is 0 Å². The predicted octanol–water partition coefficient (Wildman–Crippen LogP) is 5.29. The van der Waals surface area contributed by atoms with Gasteiger partial charge in [0.05, 0.1) is 12.9 Å². The summed E-state index contributed by atoms with van der Waals surface area (Å²) in [4.78, 5) is 26.9. The summed E-state index contributed by atoms with van der Waals surface area (Å²) in [5.74, 6) is 1.13. The molecule has 1 N–H and O–H groups in total. The lowest BCUT2D eigenvalue weighted by atomic mass is 10.1. The molecule has 1 heterocycles. The fraction of sp³-hybridized carbons (Fsp3) is 0.200. The van der Waals surface area contributed by atoms with Gasteiger partial charge in [0, 0.05) is 16.9 Å². The third kappa shape index (κ3) is 4.59. The molecule has 1 fully saturated rings. The average molecular weight is 433 g/mol. The molecule has 3 aromatic rings. The molecule has 0 saturated carbocycles. The molecule has 0 unspecified atom stereocenters. The Kier molecular flexibility index (Phi) is 6.28. The zero-order chi connectivity index (χ0) is 21.8. The van der Waals surface area contributed by atoms with Gasteiger partial charge in [-0.25, -0.2) is 0 Å². The molecule has 2 amide bonds. The summed E-state index contributed by atoms with van der Waals surface area (Å²) in [6.07, 6.45) is 0.943. The lowest BCUT2D eigenvalue weighted by Gasteiger charge is -2.24. The van der Waals surface area contributed by atoms with Crippen molar-refractivity contribution in [2.24, 2.45) is 0 Å². The van der Waals surface area contributed by atoms with Gasteiger partial charge in [-0.3, -0.25) is 14.5 Å². The third-order valence-corrected chi connectivity index (χ3v) is 6.51. The highest BCUT2D eigenvalue weighted by atomic mass is 32.2. The Labute approximate surface area is 186 Å². The van der Waals surface area contributed by atoms with Crippen LogP contribution in [-0.2, 0) is 11.2 Å². The molecule has 1 aliphatic heterocycles. The Morgan fingerprint density at radius 2 is 1.71 bits per heavy atom. The summed E-state index contributed by atoms with van der Waals surface area (Å²) in [6.45, 7) is 2.09. The second-order valence-electron chi connectivity index (χ2n) is 7.25. The molecule has 5 nitrogen and oxygen atoms in total. The molecule has 1 atom stereocenters. The highest BCUT2D eigenvalue weighted by Crippen LogP contribution is 2.42. The van der Waals surface area contributed by atoms with E-state index < -0.39 is 0 Å². The molecule has 0 aromatic heterocycles. The smallest absolute Gasteiger partial charge is 0.255 e.